The Labute approximate surface area is 499 Å². The van der Waals surface area contributed by atoms with Gasteiger partial charge in [0.05, 0.1) is 40.3 Å². The summed E-state index contributed by atoms with van der Waals surface area (Å²) in [6.07, 6.45) is 81.8. The summed E-state index contributed by atoms with van der Waals surface area (Å²) >= 11 is 0. The number of allylic oxidation sites excluding steroid dienone is 16. The Kier molecular flexibility index (Phi) is 59.3. The number of carbonyl (C=O) groups is 3. The average Bonchev–Trinajstić information content (AvgIpc) is 3.44. The highest BCUT2D eigenvalue weighted by molar-refractivity contribution is 5.70. The topological polar surface area (TPSA) is 111 Å². The van der Waals surface area contributed by atoms with Gasteiger partial charge in [-0.05, 0) is 96.3 Å². The molecule has 0 fully saturated rings. The lowest BCUT2D eigenvalue weighted by Crippen LogP contribution is -2.44. The molecule has 0 aromatic heterocycles. The predicted octanol–water partition coefficient (Wildman–Crippen LogP) is 19.1. The van der Waals surface area contributed by atoms with E-state index in [9.17, 15) is 19.5 Å². The average molecular weight is 1130 g/mol. The molecule has 0 bridgehead atoms. The highest BCUT2D eigenvalue weighted by atomic mass is 16.7. The van der Waals surface area contributed by atoms with Crippen molar-refractivity contribution < 1.29 is 42.9 Å². The van der Waals surface area contributed by atoms with Crippen LogP contribution in [0.5, 0.6) is 0 Å². The maximum atomic E-state index is 12.9. The van der Waals surface area contributed by atoms with Crippen LogP contribution in [-0.4, -0.2) is 82.3 Å². The second-order valence-electron chi connectivity index (χ2n) is 23.4. The molecule has 9 heteroatoms. The van der Waals surface area contributed by atoms with Crippen LogP contribution in [-0.2, 0) is 33.3 Å². The van der Waals surface area contributed by atoms with Gasteiger partial charge >= 0.3 is 11.9 Å². The fourth-order valence-electron chi connectivity index (χ4n) is 9.22. The number of hydrogen-bond donors (Lipinski definition) is 0. The van der Waals surface area contributed by atoms with Crippen molar-refractivity contribution in [2.24, 2.45) is 0 Å². The SMILES string of the molecule is CC/C=C\C/C=C\C/C=C\C/C=C\C/C=C\C/C=C\C/C=C\CCCCCCCCCCCCCC(=O)OC(COC(=O)CCCCCCCCCCCCC/C=C\CCCCCCCCCC)COC(OCC[N+](C)(C)C)C(=O)[O-]. The predicted molar refractivity (Wildman–Crippen MR) is 343 cm³/mol. The van der Waals surface area contributed by atoms with Crippen LogP contribution in [0.25, 0.3) is 0 Å². The molecule has 0 aromatic carbocycles. The number of esters is 2. The molecule has 81 heavy (non-hydrogen) atoms. The lowest BCUT2D eigenvalue weighted by Gasteiger charge is -2.26. The second-order valence-corrected chi connectivity index (χ2v) is 23.4. The van der Waals surface area contributed by atoms with Crippen LogP contribution >= 0.6 is 0 Å². The number of likely N-dealkylation sites (N-methyl/N-ethyl adjacent to an activating group) is 1. The van der Waals surface area contributed by atoms with Gasteiger partial charge in [0.2, 0.25) is 0 Å². The summed E-state index contributed by atoms with van der Waals surface area (Å²) in [5.41, 5.74) is 0. The number of carbonyl (C=O) groups excluding carboxylic acids is 3. The molecule has 2 atom stereocenters. The summed E-state index contributed by atoms with van der Waals surface area (Å²) in [6.45, 7) is 4.65. The van der Waals surface area contributed by atoms with Gasteiger partial charge in [-0.1, -0.05) is 272 Å². The van der Waals surface area contributed by atoms with Gasteiger partial charge in [0.1, 0.15) is 13.2 Å². The fraction of sp³-hybridized carbons (Fsp3) is 0.736. The van der Waals surface area contributed by atoms with Crippen LogP contribution < -0.4 is 5.11 Å². The van der Waals surface area contributed by atoms with Crippen molar-refractivity contribution in [1.29, 1.82) is 0 Å². The molecule has 2 unspecified atom stereocenters. The maximum Gasteiger partial charge on any atom is 0.306 e. The molecule has 0 N–H and O–H groups in total. The molecule has 0 radical (unpaired) electrons. The number of nitrogens with zero attached hydrogens (tertiary/aromatic N) is 1. The minimum atomic E-state index is -1.63. The Morgan fingerprint density at radius 2 is 0.704 bits per heavy atom. The van der Waals surface area contributed by atoms with Crippen LogP contribution in [0.3, 0.4) is 0 Å². The minimum Gasteiger partial charge on any atom is -0.545 e. The number of carboxylic acid groups (broad SMARTS) is 1. The van der Waals surface area contributed by atoms with Crippen LogP contribution in [0.1, 0.15) is 284 Å². The van der Waals surface area contributed by atoms with E-state index in [2.05, 4.69) is 111 Å². The lowest BCUT2D eigenvalue weighted by atomic mass is 10.0. The molecule has 9 nitrogen and oxygen atoms in total. The van der Waals surface area contributed by atoms with Crippen LogP contribution in [0.4, 0.5) is 0 Å². The van der Waals surface area contributed by atoms with Crippen molar-refractivity contribution in [3.63, 3.8) is 0 Å². The number of ether oxygens (including phenoxy) is 4. The van der Waals surface area contributed by atoms with E-state index in [1.54, 1.807) is 0 Å². The molecule has 0 heterocycles. The van der Waals surface area contributed by atoms with E-state index >= 15 is 0 Å². The third-order valence-corrected chi connectivity index (χ3v) is 14.3. The first-order valence-corrected chi connectivity index (χ1v) is 33.4. The molecule has 0 aliphatic carbocycles. The van der Waals surface area contributed by atoms with E-state index in [4.69, 9.17) is 18.9 Å². The Morgan fingerprint density at radius 3 is 1.06 bits per heavy atom. The van der Waals surface area contributed by atoms with E-state index in [-0.39, 0.29) is 38.6 Å². The molecule has 0 spiro atoms. The van der Waals surface area contributed by atoms with Crippen molar-refractivity contribution in [1.82, 2.24) is 0 Å². The molecular formula is C72H125NO8. The second kappa shape index (κ2) is 62.3. The van der Waals surface area contributed by atoms with Gasteiger partial charge in [-0.25, -0.2) is 0 Å². The van der Waals surface area contributed by atoms with Crippen molar-refractivity contribution in [3.8, 4) is 0 Å². The van der Waals surface area contributed by atoms with E-state index < -0.39 is 24.3 Å². The monoisotopic (exact) mass is 1130 g/mol. The maximum absolute atomic E-state index is 12.9. The van der Waals surface area contributed by atoms with E-state index in [1.165, 1.54) is 161 Å². The lowest BCUT2D eigenvalue weighted by molar-refractivity contribution is -0.870. The van der Waals surface area contributed by atoms with Gasteiger partial charge in [0.25, 0.3) is 0 Å². The molecule has 466 valence electrons. The molecular weight excluding hydrogens is 1010 g/mol. The molecule has 0 saturated heterocycles. The van der Waals surface area contributed by atoms with Gasteiger partial charge in [-0.2, -0.15) is 0 Å². The Bertz CT molecular complexity index is 1650. The third-order valence-electron chi connectivity index (χ3n) is 14.3. The van der Waals surface area contributed by atoms with Crippen LogP contribution in [0.2, 0.25) is 0 Å². The summed E-state index contributed by atoms with van der Waals surface area (Å²) in [5.74, 6) is -2.28. The standard InChI is InChI=1S/C72H125NO8/c1-6-8-10-12-14-16-18-20-22-24-26-28-30-31-32-33-34-35-36-37-38-39-41-43-45-47-49-51-53-55-57-59-61-63-70(75)81-68(67-80-72(71(76)77)78-65-64-73(3,4)5)66-79-69(74)62-60-58-56-54-52-50-48-46-44-42-40-29-27-25-23-21-19-17-15-13-11-9-7-2/h8,10,14,16,20,22,25-28,31-32,34-35,37-38,68,72H,6-7,9,11-13,15,17-19,21,23-24,29-30,33,36,39-67H2,1-5H3/b10-8-,16-14-,22-20-,27-25-,28-26-,32-31-,35-34-,38-37-. The van der Waals surface area contributed by atoms with Crippen molar-refractivity contribution in [3.05, 3.63) is 97.2 Å². The molecule has 0 aromatic rings. The van der Waals surface area contributed by atoms with Crippen molar-refractivity contribution in [2.45, 2.75) is 296 Å². The first-order valence-electron chi connectivity index (χ1n) is 33.4. The molecule has 0 aliphatic heterocycles. The summed E-state index contributed by atoms with van der Waals surface area (Å²) in [6, 6.07) is 0. The smallest absolute Gasteiger partial charge is 0.306 e. The molecule has 0 rings (SSSR count). The number of unbranched alkanes of at least 4 members (excludes halogenated alkanes) is 30. The van der Waals surface area contributed by atoms with Crippen LogP contribution in [0.15, 0.2) is 97.2 Å². The zero-order chi connectivity index (χ0) is 59.1. The van der Waals surface area contributed by atoms with Gasteiger partial charge in [-0.15, -0.1) is 0 Å². The minimum absolute atomic E-state index is 0.144. The van der Waals surface area contributed by atoms with Crippen LogP contribution in [0, 0.1) is 0 Å². The first-order chi connectivity index (χ1) is 39.6. The third kappa shape index (κ3) is 63.6. The Morgan fingerprint density at radius 1 is 0.383 bits per heavy atom. The van der Waals surface area contributed by atoms with Gasteiger partial charge in [0.15, 0.2) is 12.4 Å². The van der Waals surface area contributed by atoms with Gasteiger partial charge < -0.3 is 33.3 Å². The number of aliphatic carboxylic acids is 1. The highest BCUT2D eigenvalue weighted by Crippen LogP contribution is 2.17. The Hall–Kier alpha value is -3.79. The zero-order valence-corrected chi connectivity index (χ0v) is 53.1. The summed E-state index contributed by atoms with van der Waals surface area (Å²) in [7, 11) is 5.93. The molecule has 0 aliphatic rings. The number of carboxylic acids is 1. The largest absolute Gasteiger partial charge is 0.545 e. The van der Waals surface area contributed by atoms with Crippen molar-refractivity contribution in [2.75, 3.05) is 47.5 Å². The highest BCUT2D eigenvalue weighted by Gasteiger charge is 2.22. The quantitative estimate of drug-likeness (QED) is 0.0195. The molecule has 0 saturated carbocycles. The molecule has 0 amide bonds. The van der Waals surface area contributed by atoms with E-state index in [0.717, 1.165) is 89.9 Å². The van der Waals surface area contributed by atoms with E-state index in [0.29, 0.717) is 17.4 Å². The summed E-state index contributed by atoms with van der Waals surface area (Å²) in [4.78, 5) is 37.4. The summed E-state index contributed by atoms with van der Waals surface area (Å²) < 4.78 is 22.8. The van der Waals surface area contributed by atoms with Gasteiger partial charge in [0, 0.05) is 12.8 Å². The summed E-state index contributed by atoms with van der Waals surface area (Å²) in [5, 5.41) is 11.8. The van der Waals surface area contributed by atoms with Crippen molar-refractivity contribution >= 4 is 17.9 Å². The zero-order valence-electron chi connectivity index (χ0n) is 53.1. The Balaban J connectivity index is 4.17. The van der Waals surface area contributed by atoms with E-state index in [1.807, 2.05) is 21.1 Å². The fourth-order valence-corrected chi connectivity index (χ4v) is 9.22. The number of hydrogen-bond acceptors (Lipinski definition) is 8. The number of rotatable bonds is 61. The normalized spacial score (nSPS) is 13.3. The number of quaternary nitrogens is 1. The van der Waals surface area contributed by atoms with Gasteiger partial charge in [-0.3, -0.25) is 9.59 Å². The first kappa shape index (κ1) is 77.2.